The van der Waals surface area contributed by atoms with Gasteiger partial charge in [0.2, 0.25) is 0 Å². The second-order valence-corrected chi connectivity index (χ2v) is 2.46. The summed E-state index contributed by atoms with van der Waals surface area (Å²) >= 11 is 0. The Hall–Kier alpha value is -0.840. The molecule has 0 bridgehead atoms. The smallest absolute Gasteiger partial charge is 0.165 e. The molecule has 3 nitrogen and oxygen atoms in total. The maximum absolute atomic E-state index is 12.7. The molecule has 0 fully saturated rings. The van der Waals surface area contributed by atoms with Gasteiger partial charge < -0.3 is 15.9 Å². The molecule has 0 aliphatic rings. The highest BCUT2D eigenvalue weighted by Gasteiger charge is 2.07. The largest absolute Gasteiger partial charge is 0.505 e. The van der Waals surface area contributed by atoms with E-state index >= 15 is 0 Å². The minimum atomic E-state index is -0.875. The van der Waals surface area contributed by atoms with Crippen molar-refractivity contribution in [3.63, 3.8) is 0 Å². The third-order valence-electron chi connectivity index (χ3n) is 1.58. The Bertz CT molecular complexity index is 283. The molecule has 0 spiro atoms. The molecule has 74 valence electrons. The summed E-state index contributed by atoms with van der Waals surface area (Å²) < 4.78 is 12.7. The maximum atomic E-state index is 12.7. The minimum absolute atomic E-state index is 0. The third kappa shape index (κ3) is 2.84. The van der Waals surface area contributed by atoms with Gasteiger partial charge in [0.15, 0.2) is 11.6 Å². The third-order valence-corrected chi connectivity index (χ3v) is 1.58. The van der Waals surface area contributed by atoms with E-state index in [1.165, 1.54) is 12.1 Å². The van der Waals surface area contributed by atoms with Crippen LogP contribution in [0.2, 0.25) is 0 Å². The maximum Gasteiger partial charge on any atom is 0.165 e. The van der Waals surface area contributed by atoms with Crippen molar-refractivity contribution in [1.29, 1.82) is 0 Å². The number of hydrogen-bond acceptors (Lipinski definition) is 3. The summed E-state index contributed by atoms with van der Waals surface area (Å²) in [5, 5.41) is 18.0. The van der Waals surface area contributed by atoms with Crippen LogP contribution in [0.3, 0.4) is 0 Å². The number of nitrogens with two attached hydrogens (primary N) is 1. The first-order chi connectivity index (χ1) is 5.65. The van der Waals surface area contributed by atoms with Gasteiger partial charge >= 0.3 is 0 Å². The fraction of sp³-hybridized carbons (Fsp3) is 0.250. The molecule has 1 atom stereocenters. The highest BCUT2D eigenvalue weighted by Crippen LogP contribution is 2.19. The first-order valence-corrected chi connectivity index (χ1v) is 3.51. The van der Waals surface area contributed by atoms with Gasteiger partial charge in [0.25, 0.3) is 0 Å². The van der Waals surface area contributed by atoms with Crippen LogP contribution >= 0.6 is 12.4 Å². The zero-order valence-corrected chi connectivity index (χ0v) is 7.59. The Kier molecular flexibility index (Phi) is 4.69. The lowest BCUT2D eigenvalue weighted by atomic mass is 10.1. The second-order valence-electron chi connectivity index (χ2n) is 2.46. The second kappa shape index (κ2) is 5.01. The number of aliphatic hydroxyl groups excluding tert-OH is 1. The van der Waals surface area contributed by atoms with Crippen LogP contribution in [0.5, 0.6) is 5.75 Å². The quantitative estimate of drug-likeness (QED) is 0.677. The van der Waals surface area contributed by atoms with Crippen LogP contribution in [-0.4, -0.2) is 16.8 Å². The van der Waals surface area contributed by atoms with Gasteiger partial charge in [-0.05, 0) is 17.7 Å². The Morgan fingerprint density at radius 3 is 2.54 bits per heavy atom. The van der Waals surface area contributed by atoms with Crippen LogP contribution in [0, 0.1) is 5.82 Å². The van der Waals surface area contributed by atoms with Crippen molar-refractivity contribution in [2.75, 3.05) is 6.54 Å². The SMILES string of the molecule is Cl.NCC(O)c1ccc(O)c(F)c1. The average Bonchev–Trinajstić information content (AvgIpc) is 2.08. The molecule has 1 aromatic rings. The van der Waals surface area contributed by atoms with Crippen LogP contribution in [0.1, 0.15) is 11.7 Å². The van der Waals surface area contributed by atoms with Crippen LogP contribution < -0.4 is 5.73 Å². The van der Waals surface area contributed by atoms with Crippen LogP contribution in [0.25, 0.3) is 0 Å². The summed E-state index contributed by atoms with van der Waals surface area (Å²) in [5.41, 5.74) is 5.53. The van der Waals surface area contributed by atoms with Crippen LogP contribution in [0.15, 0.2) is 18.2 Å². The first-order valence-electron chi connectivity index (χ1n) is 3.51. The molecule has 0 saturated heterocycles. The van der Waals surface area contributed by atoms with E-state index in [9.17, 15) is 9.50 Å². The number of rotatable bonds is 2. The summed E-state index contributed by atoms with van der Waals surface area (Å²) in [7, 11) is 0. The molecule has 1 rings (SSSR count). The molecular formula is C8H11ClFNO2. The van der Waals surface area contributed by atoms with Gasteiger partial charge in [0, 0.05) is 6.54 Å². The fourth-order valence-corrected chi connectivity index (χ4v) is 0.867. The summed E-state index contributed by atoms with van der Waals surface area (Å²) in [6.07, 6.45) is -0.875. The van der Waals surface area contributed by atoms with E-state index in [4.69, 9.17) is 10.8 Å². The Labute approximate surface area is 81.4 Å². The van der Waals surface area contributed by atoms with Gasteiger partial charge in [-0.2, -0.15) is 0 Å². The van der Waals surface area contributed by atoms with Crippen molar-refractivity contribution in [1.82, 2.24) is 0 Å². The van der Waals surface area contributed by atoms with Gasteiger partial charge in [0.05, 0.1) is 6.10 Å². The molecule has 0 saturated carbocycles. The zero-order valence-electron chi connectivity index (χ0n) is 6.77. The molecular weight excluding hydrogens is 197 g/mol. The van der Waals surface area contributed by atoms with Crippen molar-refractivity contribution in [2.24, 2.45) is 5.73 Å². The van der Waals surface area contributed by atoms with Crippen molar-refractivity contribution < 1.29 is 14.6 Å². The summed E-state index contributed by atoms with van der Waals surface area (Å²) in [6, 6.07) is 3.67. The molecule has 0 heterocycles. The fourth-order valence-electron chi connectivity index (χ4n) is 0.867. The molecule has 1 unspecified atom stereocenters. The molecule has 13 heavy (non-hydrogen) atoms. The Morgan fingerprint density at radius 1 is 1.46 bits per heavy atom. The lowest BCUT2D eigenvalue weighted by Gasteiger charge is -2.07. The molecule has 0 aliphatic heterocycles. The van der Waals surface area contributed by atoms with Crippen molar-refractivity contribution in [3.8, 4) is 5.75 Å². The van der Waals surface area contributed by atoms with E-state index in [0.29, 0.717) is 5.56 Å². The van der Waals surface area contributed by atoms with E-state index in [-0.39, 0.29) is 19.0 Å². The molecule has 0 amide bonds. The van der Waals surface area contributed by atoms with Gasteiger partial charge in [-0.1, -0.05) is 6.07 Å². The molecule has 5 heteroatoms. The summed E-state index contributed by atoms with van der Waals surface area (Å²) in [6.45, 7) is 0.0320. The Morgan fingerprint density at radius 2 is 2.08 bits per heavy atom. The van der Waals surface area contributed by atoms with Crippen LogP contribution in [-0.2, 0) is 0 Å². The Balaban J connectivity index is 0.00000144. The van der Waals surface area contributed by atoms with E-state index < -0.39 is 17.7 Å². The molecule has 0 radical (unpaired) electrons. The van der Waals surface area contributed by atoms with Crippen molar-refractivity contribution in [2.45, 2.75) is 6.10 Å². The number of benzene rings is 1. The van der Waals surface area contributed by atoms with Crippen molar-refractivity contribution in [3.05, 3.63) is 29.6 Å². The van der Waals surface area contributed by atoms with Gasteiger partial charge in [0.1, 0.15) is 0 Å². The predicted molar refractivity (Wildman–Crippen MR) is 49.3 cm³/mol. The molecule has 0 aliphatic carbocycles. The predicted octanol–water partition coefficient (Wildman–Crippen LogP) is 0.945. The number of halogens is 2. The van der Waals surface area contributed by atoms with Crippen molar-refractivity contribution >= 4 is 12.4 Å². The lowest BCUT2D eigenvalue weighted by molar-refractivity contribution is 0.186. The van der Waals surface area contributed by atoms with Gasteiger partial charge in [-0.3, -0.25) is 0 Å². The highest BCUT2D eigenvalue weighted by atomic mass is 35.5. The van der Waals surface area contributed by atoms with E-state index in [1.807, 2.05) is 0 Å². The molecule has 0 aromatic heterocycles. The van der Waals surface area contributed by atoms with E-state index in [1.54, 1.807) is 0 Å². The average molecular weight is 208 g/mol. The summed E-state index contributed by atoms with van der Waals surface area (Å²) in [4.78, 5) is 0. The number of phenolic OH excluding ortho intramolecular Hbond substituents is 1. The van der Waals surface area contributed by atoms with Crippen LogP contribution in [0.4, 0.5) is 4.39 Å². The standard InChI is InChI=1S/C8H10FNO2.ClH/c9-6-3-5(8(12)4-10)1-2-7(6)11;/h1-3,8,11-12H,4,10H2;1H. The topological polar surface area (TPSA) is 66.5 Å². The highest BCUT2D eigenvalue weighted by molar-refractivity contribution is 5.85. The zero-order chi connectivity index (χ0) is 9.14. The first kappa shape index (κ1) is 12.2. The van der Waals surface area contributed by atoms with E-state index in [0.717, 1.165) is 6.07 Å². The monoisotopic (exact) mass is 207 g/mol. The number of hydrogen-bond donors (Lipinski definition) is 3. The lowest BCUT2D eigenvalue weighted by Crippen LogP contribution is -2.11. The normalized spacial score (nSPS) is 11.9. The molecule has 1 aromatic carbocycles. The molecule has 4 N–H and O–H groups in total. The summed E-state index contributed by atoms with van der Waals surface area (Å²) in [5.74, 6) is -1.18. The van der Waals surface area contributed by atoms with Gasteiger partial charge in [-0.15, -0.1) is 12.4 Å². The number of aliphatic hydroxyl groups is 1. The van der Waals surface area contributed by atoms with Gasteiger partial charge in [-0.25, -0.2) is 4.39 Å². The number of aromatic hydroxyl groups is 1. The number of phenols is 1. The van der Waals surface area contributed by atoms with E-state index in [2.05, 4.69) is 0 Å². The minimum Gasteiger partial charge on any atom is -0.505 e.